The lowest BCUT2D eigenvalue weighted by Gasteiger charge is -2.26. The Morgan fingerprint density at radius 3 is 3.08 bits per heavy atom. The fourth-order valence-corrected chi connectivity index (χ4v) is 1.60. The molecule has 70 valence electrons. The summed E-state index contributed by atoms with van der Waals surface area (Å²) in [5.41, 5.74) is 6.85. The first kappa shape index (κ1) is 8.66. The molecule has 2 N–H and O–H groups in total. The number of hydrogen-bond donors (Lipinski definition) is 1. The maximum absolute atomic E-state index is 5.85. The molecular weight excluding hydrogens is 164 g/mol. The van der Waals surface area contributed by atoms with Gasteiger partial charge in [0.15, 0.2) is 0 Å². The highest BCUT2D eigenvalue weighted by atomic mass is 16.5. The number of nitrogens with two attached hydrogens (primary N) is 1. The van der Waals surface area contributed by atoms with E-state index in [2.05, 4.69) is 4.98 Å². The quantitative estimate of drug-likeness (QED) is 0.704. The van der Waals surface area contributed by atoms with Crippen LogP contribution in [0.2, 0.25) is 0 Å². The van der Waals surface area contributed by atoms with Crippen LogP contribution in [0.25, 0.3) is 0 Å². The van der Waals surface area contributed by atoms with E-state index in [1.54, 1.807) is 6.20 Å². The summed E-state index contributed by atoms with van der Waals surface area (Å²) in [5.74, 6) is 0. The molecule has 1 aromatic rings. The largest absolute Gasteiger partial charge is 0.372 e. The molecule has 2 atom stereocenters. The maximum Gasteiger partial charge on any atom is 0.101 e. The van der Waals surface area contributed by atoms with E-state index in [0.717, 1.165) is 25.1 Å². The van der Waals surface area contributed by atoms with E-state index in [4.69, 9.17) is 10.5 Å². The predicted molar refractivity (Wildman–Crippen MR) is 50.1 cm³/mol. The number of aromatic nitrogens is 1. The molecule has 0 spiro atoms. The normalized spacial score (nSPS) is 28.7. The molecule has 0 unspecified atom stereocenters. The molecule has 0 bridgehead atoms. The van der Waals surface area contributed by atoms with Crippen molar-refractivity contribution in [1.82, 2.24) is 4.98 Å². The lowest BCUT2D eigenvalue weighted by molar-refractivity contribution is 0.00413. The predicted octanol–water partition coefficient (Wildman–Crippen LogP) is 1.26. The van der Waals surface area contributed by atoms with Gasteiger partial charge in [0, 0.05) is 18.8 Å². The fraction of sp³-hybridized carbons (Fsp3) is 0.500. The second-order valence-electron chi connectivity index (χ2n) is 3.40. The smallest absolute Gasteiger partial charge is 0.101 e. The van der Waals surface area contributed by atoms with Crippen LogP contribution in [0, 0.1) is 0 Å². The fourth-order valence-electron chi connectivity index (χ4n) is 1.60. The van der Waals surface area contributed by atoms with Crippen LogP contribution in [-0.4, -0.2) is 17.6 Å². The van der Waals surface area contributed by atoms with Gasteiger partial charge in [-0.2, -0.15) is 0 Å². The van der Waals surface area contributed by atoms with Crippen molar-refractivity contribution < 1.29 is 4.74 Å². The summed E-state index contributed by atoms with van der Waals surface area (Å²) in [5, 5.41) is 0. The summed E-state index contributed by atoms with van der Waals surface area (Å²) < 4.78 is 5.59. The van der Waals surface area contributed by atoms with Crippen molar-refractivity contribution in [2.45, 2.75) is 25.0 Å². The number of pyridine rings is 1. The van der Waals surface area contributed by atoms with Crippen LogP contribution < -0.4 is 5.73 Å². The monoisotopic (exact) mass is 178 g/mol. The van der Waals surface area contributed by atoms with Gasteiger partial charge in [0.1, 0.15) is 6.10 Å². The van der Waals surface area contributed by atoms with Crippen LogP contribution in [0.3, 0.4) is 0 Å². The summed E-state index contributed by atoms with van der Waals surface area (Å²) in [6.07, 6.45) is 3.74. The minimum atomic E-state index is 0.102. The van der Waals surface area contributed by atoms with Gasteiger partial charge in [-0.05, 0) is 25.0 Å². The zero-order chi connectivity index (χ0) is 9.10. The van der Waals surface area contributed by atoms with Crippen molar-refractivity contribution in [2.24, 2.45) is 5.73 Å². The Morgan fingerprint density at radius 1 is 1.46 bits per heavy atom. The highest BCUT2D eigenvalue weighted by Gasteiger charge is 2.21. The first-order valence-electron chi connectivity index (χ1n) is 4.64. The van der Waals surface area contributed by atoms with E-state index in [1.807, 2.05) is 18.2 Å². The minimum Gasteiger partial charge on any atom is -0.372 e. The average molecular weight is 178 g/mol. The molecule has 0 amide bonds. The van der Waals surface area contributed by atoms with Gasteiger partial charge >= 0.3 is 0 Å². The Hall–Kier alpha value is -0.930. The minimum absolute atomic E-state index is 0.102. The first-order valence-corrected chi connectivity index (χ1v) is 4.64. The Bertz CT molecular complexity index is 263. The highest BCUT2D eigenvalue weighted by Crippen LogP contribution is 2.25. The number of nitrogens with zero attached hydrogens (tertiary/aromatic N) is 1. The van der Waals surface area contributed by atoms with Crippen molar-refractivity contribution in [3.63, 3.8) is 0 Å². The molecule has 0 saturated carbocycles. The third-order valence-electron chi connectivity index (χ3n) is 2.34. The van der Waals surface area contributed by atoms with Crippen LogP contribution in [-0.2, 0) is 4.74 Å². The van der Waals surface area contributed by atoms with Crippen LogP contribution in [0.5, 0.6) is 0 Å². The van der Waals surface area contributed by atoms with E-state index in [1.165, 1.54) is 0 Å². The van der Waals surface area contributed by atoms with Crippen LogP contribution in [0.1, 0.15) is 24.6 Å². The lowest BCUT2D eigenvalue weighted by Crippen LogP contribution is -2.30. The van der Waals surface area contributed by atoms with Crippen LogP contribution >= 0.6 is 0 Å². The van der Waals surface area contributed by atoms with E-state index < -0.39 is 0 Å². The maximum atomic E-state index is 5.85. The SMILES string of the molecule is N[C@H]1CCO[C@@H](c2ccccn2)C1. The first-order chi connectivity index (χ1) is 6.36. The summed E-state index contributed by atoms with van der Waals surface area (Å²) in [6.45, 7) is 0.752. The van der Waals surface area contributed by atoms with Gasteiger partial charge in [-0.25, -0.2) is 0 Å². The number of hydrogen-bond acceptors (Lipinski definition) is 3. The van der Waals surface area contributed by atoms with Gasteiger partial charge < -0.3 is 10.5 Å². The Balaban J connectivity index is 2.08. The molecule has 1 fully saturated rings. The van der Waals surface area contributed by atoms with Crippen molar-refractivity contribution in [3.05, 3.63) is 30.1 Å². The molecule has 0 radical (unpaired) electrons. The Morgan fingerprint density at radius 2 is 2.38 bits per heavy atom. The zero-order valence-electron chi connectivity index (χ0n) is 7.52. The molecule has 2 rings (SSSR count). The van der Waals surface area contributed by atoms with E-state index in [9.17, 15) is 0 Å². The highest BCUT2D eigenvalue weighted by molar-refractivity contribution is 5.07. The molecule has 0 aromatic carbocycles. The second-order valence-corrected chi connectivity index (χ2v) is 3.40. The van der Waals surface area contributed by atoms with Gasteiger partial charge in [-0.15, -0.1) is 0 Å². The molecule has 2 heterocycles. The molecule has 1 saturated heterocycles. The molecule has 1 aliphatic rings. The third-order valence-corrected chi connectivity index (χ3v) is 2.34. The average Bonchev–Trinajstić information content (AvgIpc) is 2.19. The van der Waals surface area contributed by atoms with Gasteiger partial charge in [-0.3, -0.25) is 4.98 Å². The van der Waals surface area contributed by atoms with E-state index in [0.29, 0.717) is 0 Å². The van der Waals surface area contributed by atoms with E-state index >= 15 is 0 Å². The van der Waals surface area contributed by atoms with Crippen molar-refractivity contribution in [1.29, 1.82) is 0 Å². The molecule has 3 nitrogen and oxygen atoms in total. The second kappa shape index (κ2) is 3.85. The van der Waals surface area contributed by atoms with E-state index in [-0.39, 0.29) is 12.1 Å². The summed E-state index contributed by atoms with van der Waals surface area (Å²) in [4.78, 5) is 4.26. The van der Waals surface area contributed by atoms with Gasteiger partial charge in [0.2, 0.25) is 0 Å². The summed E-state index contributed by atoms with van der Waals surface area (Å²) in [6, 6.07) is 6.14. The standard InChI is InChI=1S/C10H14N2O/c11-8-4-6-13-10(7-8)9-3-1-2-5-12-9/h1-3,5,8,10H,4,6-7,11H2/t8-,10+/m0/s1. The van der Waals surface area contributed by atoms with Gasteiger partial charge in [0.25, 0.3) is 0 Å². The van der Waals surface area contributed by atoms with Crippen molar-refractivity contribution in [3.8, 4) is 0 Å². The molecule has 1 aromatic heterocycles. The molecule has 13 heavy (non-hydrogen) atoms. The van der Waals surface area contributed by atoms with Crippen molar-refractivity contribution >= 4 is 0 Å². The zero-order valence-corrected chi connectivity index (χ0v) is 7.52. The number of rotatable bonds is 1. The Labute approximate surface area is 77.9 Å². The molecule has 0 aliphatic carbocycles. The molecule has 3 heteroatoms. The van der Waals surface area contributed by atoms with Gasteiger partial charge in [0.05, 0.1) is 5.69 Å². The third kappa shape index (κ3) is 2.05. The summed E-state index contributed by atoms with van der Waals surface area (Å²) >= 11 is 0. The summed E-state index contributed by atoms with van der Waals surface area (Å²) in [7, 11) is 0. The number of ether oxygens (including phenoxy) is 1. The Kier molecular flexibility index (Phi) is 2.57. The van der Waals surface area contributed by atoms with Crippen molar-refractivity contribution in [2.75, 3.05) is 6.61 Å². The van der Waals surface area contributed by atoms with Gasteiger partial charge in [-0.1, -0.05) is 6.07 Å². The van der Waals surface area contributed by atoms with Crippen LogP contribution in [0.4, 0.5) is 0 Å². The topological polar surface area (TPSA) is 48.1 Å². The lowest BCUT2D eigenvalue weighted by atomic mass is 10.0. The molecular formula is C10H14N2O. The van der Waals surface area contributed by atoms with Crippen LogP contribution in [0.15, 0.2) is 24.4 Å². The molecule has 1 aliphatic heterocycles.